The van der Waals surface area contributed by atoms with E-state index in [2.05, 4.69) is 26.3 Å². The molecule has 0 radical (unpaired) electrons. The van der Waals surface area contributed by atoms with Gasteiger partial charge in [0, 0.05) is 35.0 Å². The van der Waals surface area contributed by atoms with Gasteiger partial charge in [0.25, 0.3) is 0 Å². The van der Waals surface area contributed by atoms with Crippen LogP contribution in [-0.4, -0.2) is 19.5 Å². The van der Waals surface area contributed by atoms with Crippen LogP contribution in [0.25, 0.3) is 16.4 Å². The number of imidazole rings is 1. The van der Waals surface area contributed by atoms with Crippen molar-refractivity contribution in [3.63, 3.8) is 0 Å². The molecule has 3 heterocycles. The van der Waals surface area contributed by atoms with Crippen molar-refractivity contribution in [3.8, 4) is 16.4 Å². The Balaban J connectivity index is 0.00000196. The number of thiophene rings is 1. The molecule has 4 rings (SSSR count). The van der Waals surface area contributed by atoms with Crippen molar-refractivity contribution in [1.82, 2.24) is 19.5 Å². The Labute approximate surface area is 166 Å². The summed E-state index contributed by atoms with van der Waals surface area (Å²) >= 11 is 7.73. The van der Waals surface area contributed by atoms with Crippen molar-refractivity contribution in [2.45, 2.75) is 6.54 Å². The number of nitrogens with one attached hydrogen (secondary N) is 1. The minimum atomic E-state index is 0. The minimum Gasteiger partial charge on any atom is -0.365 e. The quantitative estimate of drug-likeness (QED) is 0.504. The molecular formula is C18H15Cl2N5S. The maximum atomic E-state index is 6.07. The smallest absolute Gasteiger partial charge is 0.236 e. The Morgan fingerprint density at radius 1 is 1.19 bits per heavy atom. The molecule has 0 fully saturated rings. The molecule has 8 heteroatoms. The molecule has 0 atom stereocenters. The van der Waals surface area contributed by atoms with Gasteiger partial charge in [-0.1, -0.05) is 29.8 Å². The van der Waals surface area contributed by atoms with Crippen molar-refractivity contribution < 1.29 is 0 Å². The number of nitrogens with zero attached hydrogens (tertiary/aromatic N) is 4. The Bertz CT molecular complexity index is 971. The molecule has 3 aromatic heterocycles. The summed E-state index contributed by atoms with van der Waals surface area (Å²) in [5, 5.41) is 6.17. The Hall–Kier alpha value is -2.41. The molecule has 5 nitrogen and oxygen atoms in total. The number of hydrogen-bond acceptors (Lipinski definition) is 5. The van der Waals surface area contributed by atoms with Crippen LogP contribution >= 0.6 is 35.3 Å². The SMILES string of the molecule is Cl.Clc1cccc(CNc2nc(-n3ccnc3)ncc2-c2cccs2)c1. The summed E-state index contributed by atoms with van der Waals surface area (Å²) in [6.07, 6.45) is 7.05. The lowest BCUT2D eigenvalue weighted by atomic mass is 10.2. The van der Waals surface area contributed by atoms with E-state index < -0.39 is 0 Å². The molecule has 0 saturated heterocycles. The zero-order valence-corrected chi connectivity index (χ0v) is 15.9. The second-order valence-electron chi connectivity index (χ2n) is 5.36. The number of halogens is 2. The molecule has 26 heavy (non-hydrogen) atoms. The molecule has 0 aliphatic heterocycles. The van der Waals surface area contributed by atoms with E-state index in [1.807, 2.05) is 48.1 Å². The monoisotopic (exact) mass is 403 g/mol. The lowest BCUT2D eigenvalue weighted by Gasteiger charge is -2.12. The first kappa shape index (κ1) is 18.4. The zero-order chi connectivity index (χ0) is 17.1. The standard InChI is InChI=1S/C18H14ClN5S.ClH/c19-14-4-1-3-13(9-14)10-21-17-15(16-5-2-8-25-16)11-22-18(23-17)24-7-6-20-12-24;/h1-9,11-12H,10H2,(H,21,22,23);1H. The van der Waals surface area contributed by atoms with Crippen LogP contribution in [0.4, 0.5) is 5.82 Å². The Morgan fingerprint density at radius 2 is 2.12 bits per heavy atom. The molecule has 0 amide bonds. The van der Waals surface area contributed by atoms with E-state index in [-0.39, 0.29) is 12.4 Å². The van der Waals surface area contributed by atoms with Gasteiger partial charge in [-0.3, -0.25) is 4.57 Å². The van der Waals surface area contributed by atoms with Gasteiger partial charge in [-0.05, 0) is 29.1 Å². The molecule has 1 N–H and O–H groups in total. The van der Waals surface area contributed by atoms with Crippen LogP contribution in [0.1, 0.15) is 5.56 Å². The van der Waals surface area contributed by atoms with Crippen molar-refractivity contribution in [1.29, 1.82) is 0 Å². The van der Waals surface area contributed by atoms with Crippen molar-refractivity contribution >= 4 is 41.2 Å². The number of anilines is 1. The van der Waals surface area contributed by atoms with E-state index in [1.54, 1.807) is 28.4 Å². The first-order valence-electron chi connectivity index (χ1n) is 7.67. The summed E-state index contributed by atoms with van der Waals surface area (Å²) in [5.41, 5.74) is 2.06. The number of hydrogen-bond donors (Lipinski definition) is 1. The highest BCUT2D eigenvalue weighted by Gasteiger charge is 2.11. The molecular weight excluding hydrogens is 389 g/mol. The molecule has 0 bridgehead atoms. The average molecular weight is 404 g/mol. The second-order valence-corrected chi connectivity index (χ2v) is 6.75. The summed E-state index contributed by atoms with van der Waals surface area (Å²) in [7, 11) is 0. The zero-order valence-electron chi connectivity index (χ0n) is 13.5. The lowest BCUT2D eigenvalue weighted by molar-refractivity contribution is 0.922. The molecule has 1 aromatic carbocycles. The molecule has 0 saturated carbocycles. The van der Waals surface area contributed by atoms with Crippen LogP contribution in [0.2, 0.25) is 5.02 Å². The maximum absolute atomic E-state index is 6.07. The highest BCUT2D eigenvalue weighted by molar-refractivity contribution is 7.13. The molecule has 0 spiro atoms. The lowest BCUT2D eigenvalue weighted by Crippen LogP contribution is -2.07. The number of rotatable bonds is 5. The fourth-order valence-electron chi connectivity index (χ4n) is 2.45. The van der Waals surface area contributed by atoms with Gasteiger partial charge in [-0.15, -0.1) is 23.7 Å². The average Bonchev–Trinajstić information content (AvgIpc) is 3.33. The van der Waals surface area contributed by atoms with Gasteiger partial charge in [0.2, 0.25) is 5.95 Å². The van der Waals surface area contributed by atoms with E-state index in [9.17, 15) is 0 Å². The van der Waals surface area contributed by atoms with Gasteiger partial charge in [-0.2, -0.15) is 4.98 Å². The summed E-state index contributed by atoms with van der Waals surface area (Å²) in [4.78, 5) is 14.3. The Morgan fingerprint density at radius 3 is 2.85 bits per heavy atom. The summed E-state index contributed by atoms with van der Waals surface area (Å²) in [6.45, 7) is 0.624. The maximum Gasteiger partial charge on any atom is 0.236 e. The van der Waals surface area contributed by atoms with Gasteiger partial charge in [-0.25, -0.2) is 9.97 Å². The molecule has 4 aromatic rings. The topological polar surface area (TPSA) is 55.6 Å². The van der Waals surface area contributed by atoms with Gasteiger partial charge in [0.15, 0.2) is 0 Å². The largest absolute Gasteiger partial charge is 0.365 e. The normalized spacial score (nSPS) is 10.3. The molecule has 0 unspecified atom stereocenters. The van der Waals surface area contributed by atoms with Crippen LogP contribution in [0.15, 0.2) is 66.7 Å². The summed E-state index contributed by atoms with van der Waals surface area (Å²) in [5.74, 6) is 1.35. The first-order chi connectivity index (χ1) is 12.3. The van der Waals surface area contributed by atoms with E-state index in [0.29, 0.717) is 12.5 Å². The van der Waals surface area contributed by atoms with Crippen LogP contribution in [-0.2, 0) is 6.54 Å². The Kier molecular flexibility index (Phi) is 5.88. The predicted molar refractivity (Wildman–Crippen MR) is 108 cm³/mol. The molecule has 0 aliphatic rings. The third-order valence-electron chi connectivity index (χ3n) is 3.65. The fraction of sp³-hybridized carbons (Fsp3) is 0.0556. The van der Waals surface area contributed by atoms with Crippen molar-refractivity contribution in [2.75, 3.05) is 5.32 Å². The van der Waals surface area contributed by atoms with Crippen LogP contribution < -0.4 is 5.32 Å². The van der Waals surface area contributed by atoms with Crippen molar-refractivity contribution in [2.24, 2.45) is 0 Å². The van der Waals surface area contributed by atoms with E-state index in [4.69, 9.17) is 11.6 Å². The van der Waals surface area contributed by atoms with Gasteiger partial charge in [0.05, 0.1) is 5.56 Å². The van der Waals surface area contributed by atoms with Crippen LogP contribution in [0.3, 0.4) is 0 Å². The molecule has 132 valence electrons. The van der Waals surface area contributed by atoms with Gasteiger partial charge in [0.1, 0.15) is 12.1 Å². The minimum absolute atomic E-state index is 0. The van der Waals surface area contributed by atoms with Gasteiger partial charge < -0.3 is 5.32 Å². The fourth-order valence-corrected chi connectivity index (χ4v) is 3.40. The highest BCUT2D eigenvalue weighted by atomic mass is 35.5. The van der Waals surface area contributed by atoms with E-state index >= 15 is 0 Å². The summed E-state index contributed by atoms with van der Waals surface area (Å²) in [6, 6.07) is 11.9. The number of benzene rings is 1. The van der Waals surface area contributed by atoms with E-state index in [0.717, 1.165) is 26.8 Å². The first-order valence-corrected chi connectivity index (χ1v) is 8.93. The molecule has 0 aliphatic carbocycles. The third kappa shape index (κ3) is 4.04. The second kappa shape index (κ2) is 8.31. The predicted octanol–water partition coefficient (Wildman–Crippen LogP) is 5.08. The summed E-state index contributed by atoms with van der Waals surface area (Å²) < 4.78 is 1.78. The van der Waals surface area contributed by atoms with Gasteiger partial charge >= 0.3 is 0 Å². The van der Waals surface area contributed by atoms with Crippen LogP contribution in [0, 0.1) is 0 Å². The van der Waals surface area contributed by atoms with Crippen molar-refractivity contribution in [3.05, 3.63) is 77.3 Å². The van der Waals surface area contributed by atoms with E-state index in [1.165, 1.54) is 0 Å². The van der Waals surface area contributed by atoms with Crippen LogP contribution in [0.5, 0.6) is 0 Å². The highest BCUT2D eigenvalue weighted by Crippen LogP contribution is 2.30. The third-order valence-corrected chi connectivity index (χ3v) is 4.79. The number of aromatic nitrogens is 4.